The highest BCUT2D eigenvalue weighted by molar-refractivity contribution is 5.76. The number of amides is 1. The predicted octanol–water partition coefficient (Wildman–Crippen LogP) is 1.59. The van der Waals surface area contributed by atoms with Crippen LogP contribution in [0.5, 0.6) is 0 Å². The van der Waals surface area contributed by atoms with E-state index in [2.05, 4.69) is 5.32 Å². The molecule has 5 heteroatoms. The van der Waals surface area contributed by atoms with Crippen molar-refractivity contribution in [1.82, 2.24) is 5.32 Å². The molecule has 1 aliphatic heterocycles. The van der Waals surface area contributed by atoms with Crippen molar-refractivity contribution >= 4 is 5.91 Å². The first kappa shape index (κ1) is 16.2. The molecule has 1 saturated heterocycles. The molecule has 0 aromatic carbocycles. The smallest absolute Gasteiger partial charge is 0.222 e. The Morgan fingerprint density at radius 1 is 1.14 bits per heavy atom. The van der Waals surface area contributed by atoms with Crippen LogP contribution in [0, 0.1) is 11.8 Å². The summed E-state index contributed by atoms with van der Waals surface area (Å²) < 4.78 is 11.1. The SMILES string of the molecule is NC1CC2CCCC(C1)C2NC(=O)CCOC1CCOCC1. The summed E-state index contributed by atoms with van der Waals surface area (Å²) in [6.07, 6.45) is 8.51. The van der Waals surface area contributed by atoms with Crippen molar-refractivity contribution < 1.29 is 14.3 Å². The van der Waals surface area contributed by atoms with Crippen LogP contribution in [0.1, 0.15) is 51.4 Å². The average Bonchev–Trinajstić information content (AvgIpc) is 2.49. The Morgan fingerprint density at radius 3 is 2.50 bits per heavy atom. The topological polar surface area (TPSA) is 73.6 Å². The van der Waals surface area contributed by atoms with Crippen molar-refractivity contribution in [2.24, 2.45) is 17.6 Å². The second kappa shape index (κ2) is 7.75. The minimum absolute atomic E-state index is 0.143. The third kappa shape index (κ3) is 4.21. The van der Waals surface area contributed by atoms with E-state index in [1.165, 1.54) is 19.3 Å². The fourth-order valence-corrected chi connectivity index (χ4v) is 4.44. The number of hydrogen-bond donors (Lipinski definition) is 2. The molecule has 2 unspecified atom stereocenters. The van der Waals surface area contributed by atoms with Crippen LogP contribution in [0.25, 0.3) is 0 Å². The molecule has 3 N–H and O–H groups in total. The van der Waals surface area contributed by atoms with Crippen molar-refractivity contribution in [1.29, 1.82) is 0 Å². The fraction of sp³-hybridized carbons (Fsp3) is 0.941. The molecule has 3 fully saturated rings. The number of rotatable bonds is 5. The highest BCUT2D eigenvalue weighted by Crippen LogP contribution is 2.39. The Kier molecular flexibility index (Phi) is 5.71. The van der Waals surface area contributed by atoms with Gasteiger partial charge in [0.05, 0.1) is 12.7 Å². The summed E-state index contributed by atoms with van der Waals surface area (Å²) in [7, 11) is 0. The van der Waals surface area contributed by atoms with Gasteiger partial charge in [0.25, 0.3) is 0 Å². The Labute approximate surface area is 133 Å². The fourth-order valence-electron chi connectivity index (χ4n) is 4.44. The van der Waals surface area contributed by atoms with E-state index in [4.69, 9.17) is 15.2 Å². The van der Waals surface area contributed by atoms with Crippen molar-refractivity contribution in [2.75, 3.05) is 19.8 Å². The molecule has 2 aliphatic carbocycles. The zero-order chi connectivity index (χ0) is 15.4. The van der Waals surface area contributed by atoms with Crippen molar-refractivity contribution in [3.63, 3.8) is 0 Å². The van der Waals surface area contributed by atoms with Gasteiger partial charge in [0.2, 0.25) is 5.91 Å². The zero-order valence-corrected chi connectivity index (χ0v) is 13.5. The third-order valence-electron chi connectivity index (χ3n) is 5.56. The monoisotopic (exact) mass is 310 g/mol. The summed E-state index contributed by atoms with van der Waals surface area (Å²) in [6.45, 7) is 2.09. The standard InChI is InChI=1S/C17H30N2O3/c18-14-10-12-2-1-3-13(11-14)17(12)19-16(20)6-9-22-15-4-7-21-8-5-15/h12-15,17H,1-11,18H2,(H,19,20). The van der Waals surface area contributed by atoms with Crippen molar-refractivity contribution in [3.05, 3.63) is 0 Å². The van der Waals surface area contributed by atoms with Crippen LogP contribution in [0.15, 0.2) is 0 Å². The second-order valence-corrected chi connectivity index (χ2v) is 7.21. The van der Waals surface area contributed by atoms with Crippen LogP contribution < -0.4 is 11.1 Å². The number of hydrogen-bond acceptors (Lipinski definition) is 4. The average molecular weight is 310 g/mol. The molecule has 0 aromatic heterocycles. The van der Waals surface area contributed by atoms with Gasteiger partial charge in [-0.15, -0.1) is 0 Å². The molecule has 5 nitrogen and oxygen atoms in total. The summed E-state index contributed by atoms with van der Waals surface area (Å²) in [5, 5.41) is 3.28. The Balaban J connectivity index is 1.39. The maximum absolute atomic E-state index is 12.2. The number of nitrogens with two attached hydrogens (primary N) is 1. The molecule has 0 radical (unpaired) electrons. The summed E-state index contributed by atoms with van der Waals surface area (Å²) in [5.74, 6) is 1.31. The van der Waals surface area contributed by atoms with E-state index < -0.39 is 0 Å². The lowest BCUT2D eigenvalue weighted by Gasteiger charge is -2.45. The van der Waals surface area contributed by atoms with Crippen molar-refractivity contribution in [3.8, 4) is 0 Å². The summed E-state index contributed by atoms with van der Waals surface area (Å²) in [5.41, 5.74) is 6.14. The Hall–Kier alpha value is -0.650. The zero-order valence-electron chi connectivity index (χ0n) is 13.5. The molecule has 2 atom stereocenters. The van der Waals surface area contributed by atoms with E-state index in [-0.39, 0.29) is 12.0 Å². The summed E-state index contributed by atoms with van der Waals surface area (Å²) in [4.78, 5) is 12.2. The highest BCUT2D eigenvalue weighted by atomic mass is 16.5. The lowest BCUT2D eigenvalue weighted by atomic mass is 9.67. The lowest BCUT2D eigenvalue weighted by molar-refractivity contribution is -0.125. The molecule has 126 valence electrons. The molecule has 22 heavy (non-hydrogen) atoms. The van der Waals surface area contributed by atoms with Gasteiger partial charge in [0, 0.05) is 31.7 Å². The Morgan fingerprint density at radius 2 is 1.82 bits per heavy atom. The second-order valence-electron chi connectivity index (χ2n) is 7.21. The molecular formula is C17H30N2O3. The molecule has 3 aliphatic rings. The van der Waals surface area contributed by atoms with E-state index in [9.17, 15) is 4.79 Å². The molecule has 2 bridgehead atoms. The Bertz CT molecular complexity index is 357. The van der Waals surface area contributed by atoms with Crippen LogP contribution in [-0.4, -0.2) is 43.9 Å². The minimum Gasteiger partial charge on any atom is -0.381 e. The molecule has 3 rings (SSSR count). The number of carbonyl (C=O) groups is 1. The lowest BCUT2D eigenvalue weighted by Crippen LogP contribution is -2.53. The van der Waals surface area contributed by atoms with Crippen molar-refractivity contribution in [2.45, 2.75) is 69.6 Å². The van der Waals surface area contributed by atoms with Gasteiger partial charge in [0.15, 0.2) is 0 Å². The maximum Gasteiger partial charge on any atom is 0.222 e. The van der Waals surface area contributed by atoms with Gasteiger partial charge in [-0.2, -0.15) is 0 Å². The van der Waals surface area contributed by atoms with Gasteiger partial charge in [-0.05, 0) is 50.4 Å². The van der Waals surface area contributed by atoms with Crippen LogP contribution >= 0.6 is 0 Å². The third-order valence-corrected chi connectivity index (χ3v) is 5.56. The van der Waals surface area contributed by atoms with Gasteiger partial charge >= 0.3 is 0 Å². The van der Waals surface area contributed by atoms with E-state index >= 15 is 0 Å². The van der Waals surface area contributed by atoms with Gasteiger partial charge in [-0.3, -0.25) is 4.79 Å². The maximum atomic E-state index is 12.2. The number of nitrogens with one attached hydrogen (secondary N) is 1. The molecule has 1 amide bonds. The van der Waals surface area contributed by atoms with E-state index in [0.29, 0.717) is 36.9 Å². The van der Waals surface area contributed by atoms with Gasteiger partial charge < -0.3 is 20.5 Å². The number of carbonyl (C=O) groups excluding carboxylic acids is 1. The molecule has 0 aromatic rings. The van der Waals surface area contributed by atoms with Crippen LogP contribution in [0.4, 0.5) is 0 Å². The molecular weight excluding hydrogens is 280 g/mol. The normalized spacial score (nSPS) is 36.0. The van der Waals surface area contributed by atoms with Crippen LogP contribution in [0.3, 0.4) is 0 Å². The minimum atomic E-state index is 0.143. The van der Waals surface area contributed by atoms with Crippen LogP contribution in [0.2, 0.25) is 0 Å². The molecule has 1 heterocycles. The van der Waals surface area contributed by atoms with Gasteiger partial charge in [-0.1, -0.05) is 6.42 Å². The number of fused-ring (bicyclic) bond motifs is 2. The largest absolute Gasteiger partial charge is 0.381 e. The first-order chi connectivity index (χ1) is 10.7. The quantitative estimate of drug-likeness (QED) is 0.809. The van der Waals surface area contributed by atoms with E-state index in [1.54, 1.807) is 0 Å². The molecule has 0 spiro atoms. The number of ether oxygens (including phenoxy) is 2. The first-order valence-electron chi connectivity index (χ1n) is 8.96. The summed E-state index contributed by atoms with van der Waals surface area (Å²) in [6, 6.07) is 0.685. The molecule has 2 saturated carbocycles. The van der Waals surface area contributed by atoms with Gasteiger partial charge in [-0.25, -0.2) is 0 Å². The van der Waals surface area contributed by atoms with E-state index in [0.717, 1.165) is 38.9 Å². The highest BCUT2D eigenvalue weighted by Gasteiger charge is 2.39. The first-order valence-corrected chi connectivity index (χ1v) is 8.96. The van der Waals surface area contributed by atoms with Gasteiger partial charge in [0.1, 0.15) is 0 Å². The van der Waals surface area contributed by atoms with Crippen LogP contribution in [-0.2, 0) is 14.3 Å². The van der Waals surface area contributed by atoms with E-state index in [1.807, 2.05) is 0 Å². The summed E-state index contributed by atoms with van der Waals surface area (Å²) >= 11 is 0. The predicted molar refractivity (Wildman–Crippen MR) is 84.4 cm³/mol.